The highest BCUT2D eigenvalue weighted by atomic mass is 32.1. The first kappa shape index (κ1) is 11.9. The van der Waals surface area contributed by atoms with Crippen LogP contribution in [0, 0.1) is 0 Å². The fraction of sp³-hybridized carbons (Fsp3) is 0.538. The highest BCUT2D eigenvalue weighted by Gasteiger charge is 2.41. The molecule has 5 heteroatoms. The first-order chi connectivity index (χ1) is 8.81. The van der Waals surface area contributed by atoms with Gasteiger partial charge in [0.15, 0.2) is 0 Å². The topological polar surface area (TPSA) is 50.9 Å². The van der Waals surface area contributed by atoms with Crippen molar-refractivity contribution in [3.63, 3.8) is 0 Å². The summed E-state index contributed by atoms with van der Waals surface area (Å²) in [6.45, 7) is 0. The van der Waals surface area contributed by atoms with Gasteiger partial charge in [-0.15, -0.1) is 11.3 Å². The fourth-order valence-electron chi connectivity index (χ4n) is 2.86. The Balaban J connectivity index is 2.02. The van der Waals surface area contributed by atoms with Crippen LogP contribution in [0.4, 0.5) is 0 Å². The molecule has 2 aromatic heterocycles. The summed E-state index contributed by atoms with van der Waals surface area (Å²) in [5.41, 5.74) is -0.793. The molecular formula is C13H17N3OS. The van der Waals surface area contributed by atoms with Crippen LogP contribution in [-0.4, -0.2) is 19.9 Å². The summed E-state index contributed by atoms with van der Waals surface area (Å²) < 4.78 is 1.82. The molecule has 0 aromatic carbocycles. The van der Waals surface area contributed by atoms with Crippen molar-refractivity contribution in [1.82, 2.24) is 14.8 Å². The smallest absolute Gasteiger partial charge is 0.137 e. The molecule has 1 aliphatic rings. The Kier molecular flexibility index (Phi) is 3.18. The van der Waals surface area contributed by atoms with Gasteiger partial charge in [-0.05, 0) is 24.3 Å². The molecule has 0 bridgehead atoms. The highest BCUT2D eigenvalue weighted by Crippen LogP contribution is 2.44. The van der Waals surface area contributed by atoms with Crippen LogP contribution in [0.15, 0.2) is 30.2 Å². The molecule has 0 radical (unpaired) electrons. The number of hydrogen-bond donors (Lipinski definition) is 1. The first-order valence-electron chi connectivity index (χ1n) is 6.41. The number of hydrogen-bond acceptors (Lipinski definition) is 4. The number of aliphatic hydroxyl groups is 1. The van der Waals surface area contributed by atoms with Gasteiger partial charge in [-0.3, -0.25) is 0 Å². The van der Waals surface area contributed by atoms with Crippen molar-refractivity contribution in [2.24, 2.45) is 0 Å². The van der Waals surface area contributed by atoms with E-state index in [1.165, 1.54) is 6.42 Å². The van der Waals surface area contributed by atoms with Crippen LogP contribution < -0.4 is 0 Å². The summed E-state index contributed by atoms with van der Waals surface area (Å²) in [4.78, 5) is 5.07. The average Bonchev–Trinajstić information content (AvgIpc) is 3.03. The minimum Gasteiger partial charge on any atom is -0.382 e. The minimum absolute atomic E-state index is 0.00106. The van der Waals surface area contributed by atoms with Crippen LogP contribution in [0.2, 0.25) is 0 Å². The van der Waals surface area contributed by atoms with Crippen LogP contribution in [0.5, 0.6) is 0 Å². The molecule has 1 N–H and O–H groups in total. The van der Waals surface area contributed by atoms with Gasteiger partial charge in [-0.25, -0.2) is 9.67 Å². The SMILES string of the molecule is O[C@@]1(c2cccs2)CCCCC[C@H]1n1cncn1. The largest absolute Gasteiger partial charge is 0.382 e. The van der Waals surface area contributed by atoms with E-state index in [2.05, 4.69) is 10.1 Å². The molecule has 0 saturated heterocycles. The van der Waals surface area contributed by atoms with Gasteiger partial charge in [0.2, 0.25) is 0 Å². The van der Waals surface area contributed by atoms with Gasteiger partial charge in [-0.1, -0.05) is 25.3 Å². The maximum Gasteiger partial charge on any atom is 0.137 e. The van der Waals surface area contributed by atoms with Gasteiger partial charge >= 0.3 is 0 Å². The van der Waals surface area contributed by atoms with Gasteiger partial charge in [0.25, 0.3) is 0 Å². The highest BCUT2D eigenvalue weighted by molar-refractivity contribution is 7.10. The van der Waals surface area contributed by atoms with Crippen molar-refractivity contribution in [3.05, 3.63) is 35.0 Å². The summed E-state index contributed by atoms with van der Waals surface area (Å²) in [7, 11) is 0. The van der Waals surface area contributed by atoms with E-state index in [0.717, 1.165) is 30.6 Å². The lowest BCUT2D eigenvalue weighted by molar-refractivity contribution is -0.0253. The maximum absolute atomic E-state index is 11.2. The second-order valence-corrected chi connectivity index (χ2v) is 5.84. The lowest BCUT2D eigenvalue weighted by Crippen LogP contribution is -2.35. The Morgan fingerprint density at radius 3 is 3.06 bits per heavy atom. The third-order valence-corrected chi connectivity index (χ3v) is 4.83. The lowest BCUT2D eigenvalue weighted by atomic mass is 9.88. The molecule has 2 aromatic rings. The van der Waals surface area contributed by atoms with E-state index in [0.29, 0.717) is 0 Å². The minimum atomic E-state index is -0.793. The van der Waals surface area contributed by atoms with E-state index < -0.39 is 5.60 Å². The van der Waals surface area contributed by atoms with E-state index in [9.17, 15) is 5.11 Å². The number of rotatable bonds is 2. The molecule has 1 aliphatic carbocycles. The van der Waals surface area contributed by atoms with E-state index in [1.807, 2.05) is 22.2 Å². The zero-order chi connectivity index (χ0) is 12.4. The lowest BCUT2D eigenvalue weighted by Gasteiger charge is -2.34. The van der Waals surface area contributed by atoms with Gasteiger partial charge in [0, 0.05) is 4.88 Å². The summed E-state index contributed by atoms with van der Waals surface area (Å²) in [6, 6.07) is 4.03. The molecular weight excluding hydrogens is 246 g/mol. The standard InChI is InChI=1S/C13H17N3OS/c17-13(12-6-4-8-18-12)7-3-1-2-5-11(13)16-10-14-9-15-16/h4,6,8-11,17H,1-3,5,7H2/t11-,13+/m1/s1. The molecule has 0 amide bonds. The summed E-state index contributed by atoms with van der Waals surface area (Å²) in [5, 5.41) is 17.4. The van der Waals surface area contributed by atoms with Crippen molar-refractivity contribution in [3.8, 4) is 0 Å². The molecule has 18 heavy (non-hydrogen) atoms. The second kappa shape index (κ2) is 4.82. The quantitative estimate of drug-likeness (QED) is 0.848. The average molecular weight is 263 g/mol. The zero-order valence-corrected chi connectivity index (χ0v) is 11.0. The fourth-order valence-corrected chi connectivity index (χ4v) is 3.76. The monoisotopic (exact) mass is 263 g/mol. The van der Waals surface area contributed by atoms with Gasteiger partial charge in [-0.2, -0.15) is 5.10 Å². The third kappa shape index (κ3) is 1.97. The van der Waals surface area contributed by atoms with Crippen LogP contribution >= 0.6 is 11.3 Å². The molecule has 1 fully saturated rings. The molecule has 2 atom stereocenters. The number of aromatic nitrogens is 3. The van der Waals surface area contributed by atoms with Crippen molar-refractivity contribution in [2.45, 2.75) is 43.7 Å². The summed E-state index contributed by atoms with van der Waals surface area (Å²) in [6.07, 6.45) is 8.40. The van der Waals surface area contributed by atoms with Crippen molar-refractivity contribution < 1.29 is 5.11 Å². The molecule has 0 aliphatic heterocycles. The van der Waals surface area contributed by atoms with Crippen LogP contribution in [0.3, 0.4) is 0 Å². The van der Waals surface area contributed by atoms with E-state index in [1.54, 1.807) is 24.0 Å². The normalized spacial score (nSPS) is 29.1. The van der Waals surface area contributed by atoms with E-state index >= 15 is 0 Å². The van der Waals surface area contributed by atoms with Crippen LogP contribution in [-0.2, 0) is 5.60 Å². The predicted octanol–water partition coefficient (Wildman–Crippen LogP) is 2.73. The van der Waals surface area contributed by atoms with E-state index in [-0.39, 0.29) is 6.04 Å². The Morgan fingerprint density at radius 1 is 1.39 bits per heavy atom. The molecule has 0 spiro atoms. The molecule has 0 unspecified atom stereocenters. The van der Waals surface area contributed by atoms with Gasteiger partial charge in [0.1, 0.15) is 18.3 Å². The van der Waals surface area contributed by atoms with Crippen molar-refractivity contribution in [1.29, 1.82) is 0 Å². The van der Waals surface area contributed by atoms with Crippen LogP contribution in [0.25, 0.3) is 0 Å². The molecule has 4 nitrogen and oxygen atoms in total. The number of nitrogens with zero attached hydrogens (tertiary/aromatic N) is 3. The predicted molar refractivity (Wildman–Crippen MR) is 70.4 cm³/mol. The van der Waals surface area contributed by atoms with Gasteiger partial charge < -0.3 is 5.11 Å². The zero-order valence-electron chi connectivity index (χ0n) is 10.2. The molecule has 1 saturated carbocycles. The first-order valence-corrected chi connectivity index (χ1v) is 7.29. The summed E-state index contributed by atoms with van der Waals surface area (Å²) >= 11 is 1.63. The maximum atomic E-state index is 11.2. The Morgan fingerprint density at radius 2 is 2.33 bits per heavy atom. The summed E-state index contributed by atoms with van der Waals surface area (Å²) in [5.74, 6) is 0. The molecule has 2 heterocycles. The van der Waals surface area contributed by atoms with E-state index in [4.69, 9.17) is 0 Å². The Labute approximate surface area is 110 Å². The number of thiophene rings is 1. The van der Waals surface area contributed by atoms with Crippen LogP contribution in [0.1, 0.15) is 43.0 Å². The Bertz CT molecular complexity index is 482. The molecule has 3 rings (SSSR count). The third-order valence-electron chi connectivity index (χ3n) is 3.79. The van der Waals surface area contributed by atoms with Gasteiger partial charge in [0.05, 0.1) is 6.04 Å². The molecule has 96 valence electrons. The van der Waals surface area contributed by atoms with Crippen molar-refractivity contribution in [2.75, 3.05) is 0 Å². The second-order valence-electron chi connectivity index (χ2n) is 4.89. The Hall–Kier alpha value is -1.20. The van der Waals surface area contributed by atoms with Crippen molar-refractivity contribution >= 4 is 11.3 Å².